The summed E-state index contributed by atoms with van der Waals surface area (Å²) in [5, 5.41) is 12.6. The molecule has 1 heterocycles. The van der Waals surface area contributed by atoms with Gasteiger partial charge in [-0.3, -0.25) is 9.78 Å². The van der Waals surface area contributed by atoms with Crippen LogP contribution in [-0.4, -0.2) is 22.6 Å². The summed E-state index contributed by atoms with van der Waals surface area (Å²) in [7, 11) is 0. The predicted octanol–water partition coefficient (Wildman–Crippen LogP) is 2.03. The molecule has 2 aromatic rings. The van der Waals surface area contributed by atoms with Crippen molar-refractivity contribution in [2.24, 2.45) is 0 Å². The average Bonchev–Trinajstić information content (AvgIpc) is 2.48. The van der Waals surface area contributed by atoms with E-state index in [9.17, 15) is 9.90 Å². The van der Waals surface area contributed by atoms with Crippen LogP contribution in [0.15, 0.2) is 48.7 Å². The summed E-state index contributed by atoms with van der Waals surface area (Å²) in [5.74, 6) is -0.240. The van der Waals surface area contributed by atoms with Gasteiger partial charge in [0.05, 0.1) is 17.7 Å². The van der Waals surface area contributed by atoms with Gasteiger partial charge in [0.2, 0.25) is 0 Å². The molecule has 0 spiro atoms. The molecule has 4 heteroatoms. The van der Waals surface area contributed by atoms with E-state index in [0.29, 0.717) is 11.3 Å². The van der Waals surface area contributed by atoms with E-state index in [2.05, 4.69) is 10.3 Å². The van der Waals surface area contributed by atoms with Gasteiger partial charge in [-0.2, -0.15) is 0 Å². The van der Waals surface area contributed by atoms with Crippen molar-refractivity contribution < 1.29 is 9.90 Å². The minimum Gasteiger partial charge on any atom is -0.394 e. The maximum absolute atomic E-state index is 12.4. The topological polar surface area (TPSA) is 62.2 Å². The fourth-order valence-corrected chi connectivity index (χ4v) is 2.05. The van der Waals surface area contributed by atoms with E-state index in [1.54, 1.807) is 32.2 Å². The second-order valence-corrected chi connectivity index (χ2v) is 4.95. The first-order valence-electron chi connectivity index (χ1n) is 6.47. The molecule has 1 aromatic carbocycles. The molecule has 104 valence electrons. The van der Waals surface area contributed by atoms with E-state index in [0.717, 1.165) is 5.56 Å². The highest BCUT2D eigenvalue weighted by Crippen LogP contribution is 2.20. The zero-order valence-electron chi connectivity index (χ0n) is 11.6. The van der Waals surface area contributed by atoms with Crippen LogP contribution in [0.25, 0.3) is 0 Å². The number of rotatable bonds is 4. The summed E-state index contributed by atoms with van der Waals surface area (Å²) >= 11 is 0. The number of pyridine rings is 1. The lowest BCUT2D eigenvalue weighted by Crippen LogP contribution is -2.46. The second kappa shape index (κ2) is 5.84. The number of aromatic nitrogens is 1. The van der Waals surface area contributed by atoms with Crippen LogP contribution in [0.1, 0.15) is 28.5 Å². The molecule has 0 saturated carbocycles. The van der Waals surface area contributed by atoms with E-state index >= 15 is 0 Å². The van der Waals surface area contributed by atoms with Gasteiger partial charge in [-0.25, -0.2) is 0 Å². The maximum atomic E-state index is 12.4. The Kier molecular flexibility index (Phi) is 4.15. The van der Waals surface area contributed by atoms with E-state index in [-0.39, 0.29) is 12.5 Å². The van der Waals surface area contributed by atoms with Gasteiger partial charge in [0.1, 0.15) is 0 Å². The number of carbonyl (C=O) groups is 1. The van der Waals surface area contributed by atoms with Crippen LogP contribution >= 0.6 is 0 Å². The van der Waals surface area contributed by atoms with E-state index in [1.807, 2.05) is 30.3 Å². The van der Waals surface area contributed by atoms with Gasteiger partial charge in [0, 0.05) is 11.9 Å². The molecular formula is C16H18N2O2. The van der Waals surface area contributed by atoms with Crippen LogP contribution < -0.4 is 5.32 Å². The predicted molar refractivity (Wildman–Crippen MR) is 77.3 cm³/mol. The number of amides is 1. The van der Waals surface area contributed by atoms with Crippen molar-refractivity contribution in [2.45, 2.75) is 19.4 Å². The third-order valence-electron chi connectivity index (χ3n) is 3.37. The summed E-state index contributed by atoms with van der Waals surface area (Å²) in [5.41, 5.74) is 1.22. The Bertz CT molecular complexity index is 598. The zero-order chi connectivity index (χ0) is 14.6. The van der Waals surface area contributed by atoms with Gasteiger partial charge in [-0.15, -0.1) is 0 Å². The van der Waals surface area contributed by atoms with Crippen LogP contribution in [0, 0.1) is 6.92 Å². The molecule has 0 aliphatic carbocycles. The van der Waals surface area contributed by atoms with Gasteiger partial charge in [0.25, 0.3) is 5.91 Å². The average molecular weight is 270 g/mol. The van der Waals surface area contributed by atoms with Crippen LogP contribution in [-0.2, 0) is 5.54 Å². The minimum absolute atomic E-state index is 0.179. The molecule has 0 fully saturated rings. The minimum atomic E-state index is -0.819. The van der Waals surface area contributed by atoms with Crippen molar-refractivity contribution in [3.8, 4) is 0 Å². The molecule has 0 saturated heterocycles. The number of hydrogen-bond donors (Lipinski definition) is 2. The molecule has 0 radical (unpaired) electrons. The maximum Gasteiger partial charge on any atom is 0.253 e. The summed E-state index contributed by atoms with van der Waals surface area (Å²) in [6.07, 6.45) is 1.65. The molecule has 2 N–H and O–H groups in total. The smallest absolute Gasteiger partial charge is 0.253 e. The zero-order valence-corrected chi connectivity index (χ0v) is 11.6. The monoisotopic (exact) mass is 270 g/mol. The molecule has 0 aliphatic rings. The second-order valence-electron chi connectivity index (χ2n) is 4.95. The SMILES string of the molecule is Cc1ncccc1C(=O)NC(C)(CO)c1ccccc1. The first kappa shape index (κ1) is 14.2. The molecule has 1 unspecified atom stereocenters. The fraction of sp³-hybridized carbons (Fsp3) is 0.250. The highest BCUT2D eigenvalue weighted by Gasteiger charge is 2.28. The normalized spacial score (nSPS) is 13.6. The van der Waals surface area contributed by atoms with Crippen LogP contribution in [0.2, 0.25) is 0 Å². The Balaban J connectivity index is 2.27. The number of carbonyl (C=O) groups excluding carboxylic acids is 1. The van der Waals surface area contributed by atoms with E-state index in [1.165, 1.54) is 0 Å². The highest BCUT2D eigenvalue weighted by molar-refractivity contribution is 5.95. The summed E-state index contributed by atoms with van der Waals surface area (Å²) in [6.45, 7) is 3.40. The Labute approximate surface area is 118 Å². The largest absolute Gasteiger partial charge is 0.394 e. The standard InChI is InChI=1S/C16H18N2O2/c1-12-14(9-6-10-17-12)15(20)18-16(2,11-19)13-7-4-3-5-8-13/h3-10,19H,11H2,1-2H3,(H,18,20). The third kappa shape index (κ3) is 2.86. The van der Waals surface area contributed by atoms with Crippen molar-refractivity contribution in [1.82, 2.24) is 10.3 Å². The van der Waals surface area contributed by atoms with Crippen LogP contribution in [0.3, 0.4) is 0 Å². The van der Waals surface area contributed by atoms with Crippen LogP contribution in [0.4, 0.5) is 0 Å². The van der Waals surface area contributed by atoms with E-state index in [4.69, 9.17) is 0 Å². The van der Waals surface area contributed by atoms with Gasteiger partial charge in [-0.1, -0.05) is 30.3 Å². The van der Waals surface area contributed by atoms with Gasteiger partial charge >= 0.3 is 0 Å². The molecular weight excluding hydrogens is 252 g/mol. The molecule has 0 bridgehead atoms. The number of hydrogen-bond acceptors (Lipinski definition) is 3. The Morgan fingerprint density at radius 1 is 1.25 bits per heavy atom. The lowest BCUT2D eigenvalue weighted by molar-refractivity contribution is 0.0848. The van der Waals surface area contributed by atoms with Crippen molar-refractivity contribution in [2.75, 3.05) is 6.61 Å². The number of aliphatic hydroxyl groups is 1. The first-order chi connectivity index (χ1) is 9.57. The fourth-order valence-electron chi connectivity index (χ4n) is 2.05. The summed E-state index contributed by atoms with van der Waals surface area (Å²) < 4.78 is 0. The molecule has 0 aliphatic heterocycles. The molecule has 2 rings (SSSR count). The summed E-state index contributed by atoms with van der Waals surface area (Å²) in [6, 6.07) is 12.9. The van der Waals surface area contributed by atoms with E-state index < -0.39 is 5.54 Å². The number of benzene rings is 1. The van der Waals surface area contributed by atoms with Gasteiger partial charge in [0.15, 0.2) is 0 Å². The first-order valence-corrected chi connectivity index (χ1v) is 6.47. The van der Waals surface area contributed by atoms with Crippen molar-refractivity contribution in [3.63, 3.8) is 0 Å². The quantitative estimate of drug-likeness (QED) is 0.893. The molecule has 4 nitrogen and oxygen atoms in total. The Morgan fingerprint density at radius 3 is 2.55 bits per heavy atom. The number of aryl methyl sites for hydroxylation is 1. The van der Waals surface area contributed by atoms with Crippen molar-refractivity contribution >= 4 is 5.91 Å². The van der Waals surface area contributed by atoms with Crippen molar-refractivity contribution in [1.29, 1.82) is 0 Å². The van der Waals surface area contributed by atoms with Crippen molar-refractivity contribution in [3.05, 3.63) is 65.5 Å². The number of nitrogens with one attached hydrogen (secondary N) is 1. The molecule has 1 amide bonds. The lowest BCUT2D eigenvalue weighted by atomic mass is 9.92. The number of aliphatic hydroxyl groups excluding tert-OH is 1. The molecule has 20 heavy (non-hydrogen) atoms. The molecule has 1 aromatic heterocycles. The summed E-state index contributed by atoms with van der Waals surface area (Å²) in [4.78, 5) is 16.5. The van der Waals surface area contributed by atoms with Gasteiger partial charge in [-0.05, 0) is 31.5 Å². The Morgan fingerprint density at radius 2 is 1.95 bits per heavy atom. The third-order valence-corrected chi connectivity index (χ3v) is 3.37. The lowest BCUT2D eigenvalue weighted by Gasteiger charge is -2.29. The van der Waals surface area contributed by atoms with Crippen LogP contribution in [0.5, 0.6) is 0 Å². The Hall–Kier alpha value is -2.20. The highest BCUT2D eigenvalue weighted by atomic mass is 16.3. The number of nitrogens with zero attached hydrogens (tertiary/aromatic N) is 1. The van der Waals surface area contributed by atoms with Gasteiger partial charge < -0.3 is 10.4 Å². The molecule has 1 atom stereocenters.